The Labute approximate surface area is 213 Å². The number of carbonyl (C=O) groups is 3. The van der Waals surface area contributed by atoms with E-state index in [1.54, 1.807) is 62.6 Å². The van der Waals surface area contributed by atoms with E-state index >= 15 is 0 Å². The number of aromatic hydroxyl groups is 1. The highest BCUT2D eigenvalue weighted by molar-refractivity contribution is 7.98. The first-order valence-corrected chi connectivity index (χ1v) is 13.8. The van der Waals surface area contributed by atoms with E-state index in [9.17, 15) is 19.5 Å². The molecule has 1 aromatic carbocycles. The minimum absolute atomic E-state index is 0.00218. The van der Waals surface area contributed by atoms with Gasteiger partial charge < -0.3 is 25.4 Å². The molecule has 2 unspecified atom stereocenters. The highest BCUT2D eigenvalue weighted by Crippen LogP contribution is 2.39. The molecule has 3 amide bonds. The maximum absolute atomic E-state index is 14.0. The summed E-state index contributed by atoms with van der Waals surface area (Å²) in [7, 11) is 0. The number of nitrogens with zero attached hydrogens (tertiary/aromatic N) is 1. The number of ether oxygens (including phenoxy) is 1. The van der Waals surface area contributed by atoms with Crippen LogP contribution in [0.3, 0.4) is 0 Å². The van der Waals surface area contributed by atoms with E-state index in [0.29, 0.717) is 29.8 Å². The summed E-state index contributed by atoms with van der Waals surface area (Å²) in [4.78, 5) is 41.6. The molecule has 0 radical (unpaired) electrons. The number of carbonyl (C=O) groups excluding carboxylic acids is 3. The number of alkyl carbamates (subject to hydrolysis) is 1. The normalized spacial score (nSPS) is 15.1. The summed E-state index contributed by atoms with van der Waals surface area (Å²) in [5, 5.41) is 16.5. The number of benzene rings is 1. The summed E-state index contributed by atoms with van der Waals surface area (Å²) in [6.07, 6.45) is 4.91. The van der Waals surface area contributed by atoms with Gasteiger partial charge in [0.05, 0.1) is 0 Å². The zero-order chi connectivity index (χ0) is 26.2. The Morgan fingerprint density at radius 3 is 2.51 bits per heavy atom. The number of thioether (sulfide) groups is 1. The van der Waals surface area contributed by atoms with Crippen LogP contribution in [0.25, 0.3) is 0 Å². The average molecular weight is 508 g/mol. The SMILES string of the molecule is CCCCNC(=O)C(c1cccc(C)c1O)N(C(=O)C(CCSC)NC(=O)OC(C)(C)C)C1CC1. The van der Waals surface area contributed by atoms with Gasteiger partial charge in [-0.05, 0) is 71.0 Å². The molecule has 1 fully saturated rings. The van der Waals surface area contributed by atoms with E-state index in [1.165, 1.54) is 0 Å². The molecule has 1 aliphatic rings. The third-order valence-corrected chi connectivity index (χ3v) is 6.36. The smallest absolute Gasteiger partial charge is 0.408 e. The summed E-state index contributed by atoms with van der Waals surface area (Å²) in [5.41, 5.74) is 0.311. The van der Waals surface area contributed by atoms with Crippen molar-refractivity contribution in [1.29, 1.82) is 0 Å². The molecule has 1 saturated carbocycles. The molecule has 0 spiro atoms. The monoisotopic (exact) mass is 507 g/mol. The average Bonchev–Trinajstić information content (AvgIpc) is 3.60. The van der Waals surface area contributed by atoms with Crippen molar-refractivity contribution < 1.29 is 24.2 Å². The predicted molar refractivity (Wildman–Crippen MR) is 140 cm³/mol. The Morgan fingerprint density at radius 1 is 1.26 bits per heavy atom. The molecule has 2 atom stereocenters. The van der Waals surface area contributed by atoms with Crippen molar-refractivity contribution in [3.8, 4) is 5.75 Å². The summed E-state index contributed by atoms with van der Waals surface area (Å²) in [6, 6.07) is 3.24. The van der Waals surface area contributed by atoms with E-state index < -0.39 is 23.8 Å². The van der Waals surface area contributed by atoms with Crippen molar-refractivity contribution in [3.05, 3.63) is 29.3 Å². The van der Waals surface area contributed by atoms with Crippen LogP contribution in [0.4, 0.5) is 4.79 Å². The van der Waals surface area contributed by atoms with Gasteiger partial charge in [-0.15, -0.1) is 0 Å². The lowest BCUT2D eigenvalue weighted by molar-refractivity contribution is -0.143. The lowest BCUT2D eigenvalue weighted by atomic mass is 9.98. The second-order valence-corrected chi connectivity index (χ2v) is 11.0. The molecule has 2 rings (SSSR count). The van der Waals surface area contributed by atoms with Crippen molar-refractivity contribution in [3.63, 3.8) is 0 Å². The van der Waals surface area contributed by atoms with Gasteiger partial charge in [-0.2, -0.15) is 11.8 Å². The Bertz CT molecular complexity index is 882. The molecule has 0 aromatic heterocycles. The van der Waals surface area contributed by atoms with E-state index in [2.05, 4.69) is 10.6 Å². The Hall–Kier alpha value is -2.42. The molecule has 1 aliphatic carbocycles. The summed E-state index contributed by atoms with van der Waals surface area (Å²) >= 11 is 1.57. The van der Waals surface area contributed by atoms with Crippen LogP contribution in [0.2, 0.25) is 0 Å². The second kappa shape index (κ2) is 13.0. The van der Waals surface area contributed by atoms with Crippen molar-refractivity contribution in [2.75, 3.05) is 18.6 Å². The number of para-hydroxylation sites is 1. The molecule has 1 aromatic rings. The van der Waals surface area contributed by atoms with Gasteiger partial charge in [-0.3, -0.25) is 9.59 Å². The van der Waals surface area contributed by atoms with Crippen LogP contribution in [-0.4, -0.2) is 64.2 Å². The second-order valence-electron chi connectivity index (χ2n) is 10.0. The van der Waals surface area contributed by atoms with E-state index in [-0.39, 0.29) is 23.6 Å². The van der Waals surface area contributed by atoms with Gasteiger partial charge in [0, 0.05) is 18.2 Å². The lowest BCUT2D eigenvalue weighted by Gasteiger charge is -2.35. The largest absolute Gasteiger partial charge is 0.507 e. The number of rotatable bonds is 12. The van der Waals surface area contributed by atoms with E-state index in [4.69, 9.17) is 4.74 Å². The minimum atomic E-state index is -0.996. The lowest BCUT2D eigenvalue weighted by Crippen LogP contribution is -2.54. The van der Waals surface area contributed by atoms with Gasteiger partial charge in [0.2, 0.25) is 11.8 Å². The fraction of sp³-hybridized carbons (Fsp3) is 0.654. The first kappa shape index (κ1) is 28.8. The molecule has 196 valence electrons. The van der Waals surface area contributed by atoms with Crippen molar-refractivity contribution in [2.45, 2.75) is 90.4 Å². The third kappa shape index (κ3) is 8.63. The number of aryl methyl sites for hydroxylation is 1. The number of amides is 3. The molecular formula is C26H41N3O5S. The minimum Gasteiger partial charge on any atom is -0.507 e. The van der Waals surface area contributed by atoms with Gasteiger partial charge in [-0.1, -0.05) is 31.5 Å². The highest BCUT2D eigenvalue weighted by atomic mass is 32.2. The van der Waals surface area contributed by atoms with Gasteiger partial charge >= 0.3 is 6.09 Å². The van der Waals surface area contributed by atoms with Crippen LogP contribution in [0.1, 0.15) is 77.0 Å². The van der Waals surface area contributed by atoms with Crippen molar-refractivity contribution in [1.82, 2.24) is 15.5 Å². The maximum atomic E-state index is 14.0. The fourth-order valence-electron chi connectivity index (χ4n) is 3.80. The number of unbranched alkanes of at least 4 members (excludes halogenated alkanes) is 1. The van der Waals surface area contributed by atoms with Crippen LogP contribution in [0.15, 0.2) is 18.2 Å². The predicted octanol–water partition coefficient (Wildman–Crippen LogP) is 4.30. The number of hydrogen-bond acceptors (Lipinski definition) is 6. The molecule has 0 saturated heterocycles. The maximum Gasteiger partial charge on any atom is 0.408 e. The number of phenolic OH excluding ortho intramolecular Hbond substituents is 1. The van der Waals surface area contributed by atoms with E-state index in [0.717, 1.165) is 25.7 Å². The molecule has 35 heavy (non-hydrogen) atoms. The first-order valence-electron chi connectivity index (χ1n) is 12.4. The standard InChI is InChI=1S/C26H41N3O5S/c1-7-8-15-27-23(31)21(19-11-9-10-17(2)22(19)30)29(18-12-13-18)24(32)20(14-16-35-6)28-25(33)34-26(3,4)5/h9-11,18,20-21,30H,7-8,12-16H2,1-6H3,(H,27,31)(H,28,33). The van der Waals surface area contributed by atoms with E-state index in [1.807, 2.05) is 13.2 Å². The number of nitrogens with one attached hydrogen (secondary N) is 2. The first-order chi connectivity index (χ1) is 16.5. The molecular weight excluding hydrogens is 466 g/mol. The summed E-state index contributed by atoms with van der Waals surface area (Å²) < 4.78 is 5.40. The Morgan fingerprint density at radius 2 is 1.94 bits per heavy atom. The molecule has 0 aliphatic heterocycles. The van der Waals surface area contributed by atoms with Crippen LogP contribution < -0.4 is 10.6 Å². The number of hydrogen-bond donors (Lipinski definition) is 3. The van der Waals surface area contributed by atoms with Crippen LogP contribution in [0, 0.1) is 6.92 Å². The van der Waals surface area contributed by atoms with Crippen LogP contribution >= 0.6 is 11.8 Å². The fourth-order valence-corrected chi connectivity index (χ4v) is 4.27. The van der Waals surface area contributed by atoms with Crippen LogP contribution in [-0.2, 0) is 14.3 Å². The van der Waals surface area contributed by atoms with Crippen LogP contribution in [0.5, 0.6) is 5.75 Å². The third-order valence-electron chi connectivity index (χ3n) is 5.71. The Balaban J connectivity index is 2.44. The summed E-state index contributed by atoms with van der Waals surface area (Å²) in [5.74, 6) is -0.0277. The molecule has 0 heterocycles. The quantitative estimate of drug-likeness (QED) is 0.364. The topological polar surface area (TPSA) is 108 Å². The van der Waals surface area contributed by atoms with Gasteiger partial charge in [0.25, 0.3) is 0 Å². The zero-order valence-corrected chi connectivity index (χ0v) is 22.7. The van der Waals surface area contributed by atoms with Gasteiger partial charge in [0.1, 0.15) is 23.4 Å². The van der Waals surface area contributed by atoms with Gasteiger partial charge in [0.15, 0.2) is 0 Å². The van der Waals surface area contributed by atoms with Crippen molar-refractivity contribution >= 4 is 29.7 Å². The van der Waals surface area contributed by atoms with Crippen molar-refractivity contribution in [2.24, 2.45) is 0 Å². The number of phenols is 1. The molecule has 8 nitrogen and oxygen atoms in total. The molecule has 3 N–H and O–H groups in total. The molecule has 9 heteroatoms. The zero-order valence-electron chi connectivity index (χ0n) is 21.8. The molecule has 0 bridgehead atoms. The van der Waals surface area contributed by atoms with Gasteiger partial charge in [-0.25, -0.2) is 4.79 Å². The Kier molecular flexibility index (Phi) is 10.7. The summed E-state index contributed by atoms with van der Waals surface area (Å²) in [6.45, 7) is 9.57. The highest BCUT2D eigenvalue weighted by Gasteiger charge is 2.44.